The Morgan fingerprint density at radius 1 is 1.15 bits per heavy atom. The van der Waals surface area contributed by atoms with E-state index in [0.717, 1.165) is 12.8 Å². The highest BCUT2D eigenvalue weighted by atomic mass is 35.5. The van der Waals surface area contributed by atoms with Gasteiger partial charge in [-0.2, -0.15) is 0 Å². The Kier molecular flexibility index (Phi) is 6.69. The van der Waals surface area contributed by atoms with Crippen molar-refractivity contribution in [3.05, 3.63) is 53.2 Å². The first-order valence-electron chi connectivity index (χ1n) is 10.4. The SMILES string of the molecule is COc1cc2nccc(Oc3ccc(NC(=O)NC4CC4)c(Cl)c3)c2cc1C(=O)NCC(=O)O. The number of halogens is 1. The normalized spacial score (nSPS) is 12.6. The van der Waals surface area contributed by atoms with Crippen molar-refractivity contribution >= 4 is 46.1 Å². The third-order valence-corrected chi connectivity index (χ3v) is 5.31. The maximum Gasteiger partial charge on any atom is 0.322 e. The number of aliphatic carboxylic acids is 1. The number of rotatable bonds is 8. The van der Waals surface area contributed by atoms with E-state index in [9.17, 15) is 14.4 Å². The molecule has 1 aromatic heterocycles. The molecule has 0 bridgehead atoms. The molecule has 0 unspecified atom stereocenters. The van der Waals surface area contributed by atoms with Crippen LogP contribution in [-0.2, 0) is 4.79 Å². The molecule has 4 N–H and O–H groups in total. The molecule has 0 aliphatic heterocycles. The van der Waals surface area contributed by atoms with Gasteiger partial charge < -0.3 is 30.5 Å². The fraction of sp³-hybridized carbons (Fsp3) is 0.217. The predicted molar refractivity (Wildman–Crippen MR) is 125 cm³/mol. The maximum atomic E-state index is 12.5. The summed E-state index contributed by atoms with van der Waals surface area (Å²) in [5.41, 5.74) is 1.08. The zero-order valence-corrected chi connectivity index (χ0v) is 18.8. The zero-order chi connectivity index (χ0) is 24.2. The highest BCUT2D eigenvalue weighted by Crippen LogP contribution is 2.35. The van der Waals surface area contributed by atoms with Crippen LogP contribution in [0.5, 0.6) is 17.2 Å². The van der Waals surface area contributed by atoms with Crippen LogP contribution < -0.4 is 25.4 Å². The van der Waals surface area contributed by atoms with E-state index in [1.165, 1.54) is 13.2 Å². The molecule has 10 nitrogen and oxygen atoms in total. The first-order chi connectivity index (χ1) is 16.3. The Balaban J connectivity index is 1.59. The molecule has 1 aliphatic carbocycles. The van der Waals surface area contributed by atoms with Gasteiger partial charge in [-0.15, -0.1) is 0 Å². The van der Waals surface area contributed by atoms with E-state index in [-0.39, 0.29) is 28.4 Å². The topological polar surface area (TPSA) is 139 Å². The third kappa shape index (κ3) is 5.46. The molecule has 1 saturated carbocycles. The lowest BCUT2D eigenvalue weighted by Crippen LogP contribution is -2.30. The second-order valence-corrected chi connectivity index (χ2v) is 7.98. The van der Waals surface area contributed by atoms with Crippen molar-refractivity contribution < 1.29 is 29.0 Å². The number of nitrogens with zero attached hydrogens (tertiary/aromatic N) is 1. The van der Waals surface area contributed by atoms with Crippen LogP contribution in [0.25, 0.3) is 10.9 Å². The molecular weight excluding hydrogens is 464 g/mol. The molecular formula is C23H21ClN4O6. The fourth-order valence-corrected chi connectivity index (χ4v) is 3.41. The molecule has 1 fully saturated rings. The average Bonchev–Trinajstić information content (AvgIpc) is 3.62. The van der Waals surface area contributed by atoms with Crippen molar-refractivity contribution in [2.45, 2.75) is 18.9 Å². The molecule has 0 atom stereocenters. The van der Waals surface area contributed by atoms with Gasteiger partial charge in [0.15, 0.2) is 0 Å². The van der Waals surface area contributed by atoms with Crippen molar-refractivity contribution in [1.29, 1.82) is 0 Å². The van der Waals surface area contributed by atoms with Gasteiger partial charge in [-0.25, -0.2) is 4.79 Å². The minimum atomic E-state index is -1.17. The summed E-state index contributed by atoms with van der Waals surface area (Å²) in [5.74, 6) is -0.748. The van der Waals surface area contributed by atoms with Crippen LogP contribution in [0, 0.1) is 0 Å². The van der Waals surface area contributed by atoms with Gasteiger partial charge in [0.25, 0.3) is 5.91 Å². The van der Waals surface area contributed by atoms with Crippen molar-refractivity contribution in [2.75, 3.05) is 19.0 Å². The van der Waals surface area contributed by atoms with Crippen LogP contribution in [0.15, 0.2) is 42.6 Å². The summed E-state index contributed by atoms with van der Waals surface area (Å²) >= 11 is 6.32. The second kappa shape index (κ2) is 9.84. The minimum Gasteiger partial charge on any atom is -0.496 e. The average molecular weight is 485 g/mol. The number of carbonyl (C=O) groups is 3. The summed E-state index contributed by atoms with van der Waals surface area (Å²) in [7, 11) is 1.40. The van der Waals surface area contributed by atoms with E-state index >= 15 is 0 Å². The first kappa shape index (κ1) is 23.1. The number of nitrogens with one attached hydrogen (secondary N) is 3. The summed E-state index contributed by atoms with van der Waals surface area (Å²) in [6.07, 6.45) is 3.49. The molecule has 4 rings (SSSR count). The van der Waals surface area contributed by atoms with Crippen LogP contribution in [0.4, 0.5) is 10.5 Å². The van der Waals surface area contributed by atoms with E-state index in [2.05, 4.69) is 20.9 Å². The monoisotopic (exact) mass is 484 g/mol. The molecule has 3 aromatic rings. The van der Waals surface area contributed by atoms with E-state index < -0.39 is 18.4 Å². The van der Waals surface area contributed by atoms with E-state index in [4.69, 9.17) is 26.2 Å². The molecule has 0 spiro atoms. The minimum absolute atomic E-state index is 0.133. The number of methoxy groups -OCH3 is 1. The van der Waals surface area contributed by atoms with Gasteiger partial charge >= 0.3 is 12.0 Å². The summed E-state index contributed by atoms with van der Waals surface area (Å²) in [6, 6.07) is 9.44. The Morgan fingerprint density at radius 2 is 1.94 bits per heavy atom. The number of hydrogen-bond acceptors (Lipinski definition) is 6. The Bertz CT molecular complexity index is 1280. The predicted octanol–water partition coefficient (Wildman–Crippen LogP) is 3.79. The highest BCUT2D eigenvalue weighted by molar-refractivity contribution is 6.33. The van der Waals surface area contributed by atoms with E-state index in [1.54, 1.807) is 36.5 Å². The molecule has 0 radical (unpaired) electrons. The largest absolute Gasteiger partial charge is 0.496 e. The van der Waals surface area contributed by atoms with Gasteiger partial charge in [-0.1, -0.05) is 11.6 Å². The van der Waals surface area contributed by atoms with Crippen LogP contribution in [-0.4, -0.2) is 47.7 Å². The number of benzene rings is 2. The molecule has 1 aliphatic rings. The van der Waals surface area contributed by atoms with Crippen molar-refractivity contribution in [3.63, 3.8) is 0 Å². The molecule has 11 heteroatoms. The van der Waals surface area contributed by atoms with Crippen LogP contribution in [0.1, 0.15) is 23.2 Å². The third-order valence-electron chi connectivity index (χ3n) is 5.00. The quantitative estimate of drug-likeness (QED) is 0.381. The first-order valence-corrected chi connectivity index (χ1v) is 10.7. The zero-order valence-electron chi connectivity index (χ0n) is 18.1. The molecule has 1 heterocycles. The number of carbonyl (C=O) groups excluding carboxylic acids is 2. The molecule has 176 valence electrons. The molecule has 3 amide bonds. The number of pyridine rings is 1. The van der Waals surface area contributed by atoms with Crippen molar-refractivity contribution in [3.8, 4) is 17.2 Å². The number of urea groups is 1. The Hall–Kier alpha value is -4.05. The number of hydrogen-bond donors (Lipinski definition) is 4. The van der Waals surface area contributed by atoms with E-state index in [0.29, 0.717) is 28.1 Å². The number of aromatic nitrogens is 1. The lowest BCUT2D eigenvalue weighted by atomic mass is 10.1. The lowest BCUT2D eigenvalue weighted by molar-refractivity contribution is -0.135. The highest BCUT2D eigenvalue weighted by Gasteiger charge is 2.23. The maximum absolute atomic E-state index is 12.5. The summed E-state index contributed by atoms with van der Waals surface area (Å²) in [6.45, 7) is -0.534. The van der Waals surface area contributed by atoms with Crippen molar-refractivity contribution in [2.24, 2.45) is 0 Å². The van der Waals surface area contributed by atoms with Crippen LogP contribution >= 0.6 is 11.6 Å². The fourth-order valence-electron chi connectivity index (χ4n) is 3.19. The number of carboxylic acid groups (broad SMARTS) is 1. The number of carboxylic acids is 1. The molecule has 2 aromatic carbocycles. The van der Waals surface area contributed by atoms with Crippen LogP contribution in [0.2, 0.25) is 5.02 Å². The standard InChI is InChI=1S/C23H21ClN4O6/c1-33-20-10-18-14(9-15(20)22(31)26-11-21(29)30)19(6-7-25-18)34-13-4-5-17(16(24)8-13)28-23(32)27-12-2-3-12/h4-10,12H,2-3,11H2,1H3,(H,26,31)(H,29,30)(H2,27,28,32). The smallest absolute Gasteiger partial charge is 0.322 e. The lowest BCUT2D eigenvalue weighted by Gasteiger charge is -2.14. The van der Waals surface area contributed by atoms with Crippen molar-refractivity contribution in [1.82, 2.24) is 15.6 Å². The Labute approximate surface area is 199 Å². The summed E-state index contributed by atoms with van der Waals surface area (Å²) < 4.78 is 11.3. The number of fused-ring (bicyclic) bond motifs is 1. The molecule has 34 heavy (non-hydrogen) atoms. The number of anilines is 1. The van der Waals surface area contributed by atoms with Gasteiger partial charge in [0.1, 0.15) is 23.8 Å². The Morgan fingerprint density at radius 3 is 2.62 bits per heavy atom. The van der Waals surface area contributed by atoms with Gasteiger partial charge in [0.05, 0.1) is 28.9 Å². The summed E-state index contributed by atoms with van der Waals surface area (Å²) in [4.78, 5) is 39.6. The number of amides is 3. The second-order valence-electron chi connectivity index (χ2n) is 7.57. The van der Waals surface area contributed by atoms with Gasteiger partial charge in [-0.05, 0) is 37.1 Å². The van der Waals surface area contributed by atoms with E-state index in [1.807, 2.05) is 0 Å². The van der Waals surface area contributed by atoms with Gasteiger partial charge in [0, 0.05) is 29.8 Å². The van der Waals surface area contributed by atoms with Gasteiger partial charge in [0.2, 0.25) is 0 Å². The number of ether oxygens (including phenoxy) is 2. The molecule has 0 saturated heterocycles. The van der Waals surface area contributed by atoms with Crippen LogP contribution in [0.3, 0.4) is 0 Å². The summed E-state index contributed by atoms with van der Waals surface area (Å²) in [5, 5.41) is 17.5. The van der Waals surface area contributed by atoms with Gasteiger partial charge in [-0.3, -0.25) is 14.6 Å².